The average Bonchev–Trinajstić information content (AvgIpc) is 2.92. The first-order valence-corrected chi connectivity index (χ1v) is 12.2. The summed E-state index contributed by atoms with van der Waals surface area (Å²) in [6.07, 6.45) is 1.74. The molecule has 1 aliphatic rings. The molecule has 5 rings (SSSR count). The summed E-state index contributed by atoms with van der Waals surface area (Å²) in [5, 5.41) is 3.71. The number of ether oxygens (including phenoxy) is 3. The van der Waals surface area contributed by atoms with Crippen LogP contribution in [-0.2, 0) is 26.1 Å². The summed E-state index contributed by atoms with van der Waals surface area (Å²) in [4.78, 5) is 0. The molecule has 0 bridgehead atoms. The molecule has 1 atom stereocenters. The fourth-order valence-electron chi connectivity index (χ4n) is 4.69. The maximum Gasteiger partial charge on any atom is 0.165 e. The van der Waals surface area contributed by atoms with E-state index in [4.69, 9.17) is 14.2 Å². The molecule has 1 unspecified atom stereocenters. The Kier molecular flexibility index (Phi) is 7.30. The lowest BCUT2D eigenvalue weighted by Gasteiger charge is -2.30. The molecule has 1 heterocycles. The second kappa shape index (κ2) is 11.1. The third-order valence-electron chi connectivity index (χ3n) is 6.48. The fourth-order valence-corrected chi connectivity index (χ4v) is 4.69. The molecular formula is C31H31NO3. The van der Waals surface area contributed by atoms with Crippen molar-refractivity contribution in [2.75, 3.05) is 13.7 Å². The third kappa shape index (κ3) is 5.50. The highest BCUT2D eigenvalue weighted by Crippen LogP contribution is 2.40. The van der Waals surface area contributed by atoms with Gasteiger partial charge in [0.25, 0.3) is 0 Å². The number of hydrogen-bond acceptors (Lipinski definition) is 4. The SMILES string of the molecule is COc1ccc2c(c1OCc1ccccc1)CCNC2Cc1ccccc1OCc1ccccc1. The second-order valence-electron chi connectivity index (χ2n) is 8.78. The summed E-state index contributed by atoms with van der Waals surface area (Å²) in [5.41, 5.74) is 5.99. The Morgan fingerprint density at radius 1 is 0.714 bits per heavy atom. The van der Waals surface area contributed by atoms with Crippen molar-refractivity contribution in [3.63, 3.8) is 0 Å². The summed E-state index contributed by atoms with van der Waals surface area (Å²) in [6, 6.07) is 33.2. The maximum absolute atomic E-state index is 6.34. The zero-order chi connectivity index (χ0) is 23.9. The molecule has 1 aliphatic heterocycles. The summed E-state index contributed by atoms with van der Waals surface area (Å²) in [5.74, 6) is 2.57. The molecule has 4 nitrogen and oxygen atoms in total. The zero-order valence-electron chi connectivity index (χ0n) is 20.1. The normalized spacial score (nSPS) is 14.7. The number of para-hydroxylation sites is 1. The first-order valence-electron chi connectivity index (χ1n) is 12.2. The van der Waals surface area contributed by atoms with Gasteiger partial charge in [-0.25, -0.2) is 0 Å². The maximum atomic E-state index is 6.34. The van der Waals surface area contributed by atoms with Crippen LogP contribution >= 0.6 is 0 Å². The lowest BCUT2D eigenvalue weighted by molar-refractivity contribution is 0.278. The van der Waals surface area contributed by atoms with Crippen LogP contribution in [-0.4, -0.2) is 13.7 Å². The van der Waals surface area contributed by atoms with Crippen molar-refractivity contribution in [2.24, 2.45) is 0 Å². The lowest BCUT2D eigenvalue weighted by Crippen LogP contribution is -2.31. The number of rotatable bonds is 9. The van der Waals surface area contributed by atoms with Crippen molar-refractivity contribution in [3.8, 4) is 17.2 Å². The van der Waals surface area contributed by atoms with Crippen molar-refractivity contribution < 1.29 is 14.2 Å². The van der Waals surface area contributed by atoms with Crippen LogP contribution in [0, 0.1) is 0 Å². The van der Waals surface area contributed by atoms with Gasteiger partial charge in [-0.1, -0.05) is 84.9 Å². The fraction of sp³-hybridized carbons (Fsp3) is 0.226. The van der Waals surface area contributed by atoms with Crippen LogP contribution in [0.2, 0.25) is 0 Å². The quantitative estimate of drug-likeness (QED) is 0.316. The van der Waals surface area contributed by atoms with E-state index in [1.165, 1.54) is 16.7 Å². The second-order valence-corrected chi connectivity index (χ2v) is 8.78. The van der Waals surface area contributed by atoms with Crippen molar-refractivity contribution >= 4 is 0 Å². The predicted octanol–water partition coefficient (Wildman–Crippen LogP) is 6.28. The van der Waals surface area contributed by atoms with Crippen LogP contribution in [0.25, 0.3) is 0 Å². The Morgan fingerprint density at radius 2 is 1.37 bits per heavy atom. The van der Waals surface area contributed by atoms with Gasteiger partial charge in [-0.2, -0.15) is 0 Å². The largest absolute Gasteiger partial charge is 0.493 e. The third-order valence-corrected chi connectivity index (χ3v) is 6.48. The minimum Gasteiger partial charge on any atom is -0.493 e. The predicted molar refractivity (Wildman–Crippen MR) is 139 cm³/mol. The van der Waals surface area contributed by atoms with Crippen LogP contribution in [0.1, 0.15) is 33.9 Å². The van der Waals surface area contributed by atoms with E-state index in [0.29, 0.717) is 13.2 Å². The first-order chi connectivity index (χ1) is 17.3. The van der Waals surface area contributed by atoms with Crippen molar-refractivity contribution in [1.29, 1.82) is 0 Å². The van der Waals surface area contributed by atoms with Gasteiger partial charge in [0, 0.05) is 11.6 Å². The van der Waals surface area contributed by atoms with E-state index in [0.717, 1.165) is 47.8 Å². The van der Waals surface area contributed by atoms with Crippen LogP contribution in [0.3, 0.4) is 0 Å². The van der Waals surface area contributed by atoms with Crippen LogP contribution in [0.15, 0.2) is 97.1 Å². The molecule has 0 radical (unpaired) electrons. The van der Waals surface area contributed by atoms with Gasteiger partial charge in [0.05, 0.1) is 7.11 Å². The van der Waals surface area contributed by atoms with Crippen molar-refractivity contribution in [2.45, 2.75) is 32.1 Å². The average molecular weight is 466 g/mol. The van der Waals surface area contributed by atoms with Gasteiger partial charge in [-0.05, 0) is 53.8 Å². The van der Waals surface area contributed by atoms with Gasteiger partial charge >= 0.3 is 0 Å². The van der Waals surface area contributed by atoms with E-state index in [9.17, 15) is 0 Å². The van der Waals surface area contributed by atoms with E-state index in [2.05, 4.69) is 53.8 Å². The smallest absolute Gasteiger partial charge is 0.165 e. The molecule has 0 amide bonds. The Labute approximate surface area is 207 Å². The van der Waals surface area contributed by atoms with Gasteiger partial charge < -0.3 is 19.5 Å². The van der Waals surface area contributed by atoms with E-state index in [1.807, 2.05) is 48.5 Å². The van der Waals surface area contributed by atoms with Gasteiger partial charge in [0.15, 0.2) is 11.5 Å². The van der Waals surface area contributed by atoms with E-state index >= 15 is 0 Å². The number of hydrogen-bond donors (Lipinski definition) is 1. The topological polar surface area (TPSA) is 39.7 Å². The molecule has 0 spiro atoms. The monoisotopic (exact) mass is 465 g/mol. The van der Waals surface area contributed by atoms with Crippen molar-refractivity contribution in [1.82, 2.24) is 5.32 Å². The Hall–Kier alpha value is -3.76. The first kappa shape index (κ1) is 23.0. The van der Waals surface area contributed by atoms with Gasteiger partial charge in [0.2, 0.25) is 0 Å². The highest BCUT2D eigenvalue weighted by Gasteiger charge is 2.26. The van der Waals surface area contributed by atoms with Gasteiger partial charge in [-0.3, -0.25) is 0 Å². The van der Waals surface area contributed by atoms with E-state index < -0.39 is 0 Å². The number of benzene rings is 4. The molecule has 1 N–H and O–H groups in total. The lowest BCUT2D eigenvalue weighted by atomic mass is 9.89. The molecule has 0 aliphatic carbocycles. The molecule has 0 saturated heterocycles. The Bertz CT molecular complexity index is 1240. The van der Waals surface area contributed by atoms with E-state index in [-0.39, 0.29) is 6.04 Å². The van der Waals surface area contributed by atoms with Crippen LogP contribution in [0.5, 0.6) is 17.2 Å². The molecule has 0 aromatic heterocycles. The van der Waals surface area contributed by atoms with Crippen LogP contribution < -0.4 is 19.5 Å². The molecule has 0 saturated carbocycles. The molecular weight excluding hydrogens is 434 g/mol. The van der Waals surface area contributed by atoms with Crippen LogP contribution in [0.4, 0.5) is 0 Å². The number of nitrogens with one attached hydrogen (secondary N) is 1. The molecule has 178 valence electrons. The molecule has 4 aromatic rings. The summed E-state index contributed by atoms with van der Waals surface area (Å²) in [6.45, 7) is 1.96. The highest BCUT2D eigenvalue weighted by molar-refractivity contribution is 5.53. The number of fused-ring (bicyclic) bond motifs is 1. The molecule has 4 heteroatoms. The Morgan fingerprint density at radius 3 is 2.09 bits per heavy atom. The van der Waals surface area contributed by atoms with Gasteiger partial charge in [-0.15, -0.1) is 0 Å². The summed E-state index contributed by atoms with van der Waals surface area (Å²) >= 11 is 0. The molecule has 0 fully saturated rings. The standard InChI is InChI=1S/C31H31NO3/c1-33-30-17-16-26-27(31(30)35-22-24-12-6-3-7-13-24)18-19-32-28(26)20-25-14-8-9-15-29(25)34-21-23-10-4-2-5-11-23/h2-17,28,32H,18-22H2,1H3. The minimum absolute atomic E-state index is 0.171. The van der Waals surface area contributed by atoms with Crippen molar-refractivity contribution in [3.05, 3.63) is 125 Å². The van der Waals surface area contributed by atoms with E-state index in [1.54, 1.807) is 7.11 Å². The highest BCUT2D eigenvalue weighted by atomic mass is 16.5. The molecule has 4 aromatic carbocycles. The minimum atomic E-state index is 0.171. The van der Waals surface area contributed by atoms with Gasteiger partial charge in [0.1, 0.15) is 19.0 Å². The number of methoxy groups -OCH3 is 1. The summed E-state index contributed by atoms with van der Waals surface area (Å²) in [7, 11) is 1.70. The Balaban J connectivity index is 1.37. The summed E-state index contributed by atoms with van der Waals surface area (Å²) < 4.78 is 18.3. The molecule has 35 heavy (non-hydrogen) atoms. The zero-order valence-corrected chi connectivity index (χ0v) is 20.1.